The third-order valence-electron chi connectivity index (χ3n) is 3.75. The van der Waals surface area contributed by atoms with E-state index in [1.165, 1.54) is 41.5 Å². The maximum Gasteiger partial charge on any atom is 0.340 e. The maximum absolute atomic E-state index is 13.0. The molecule has 0 aliphatic rings. The standard InChI is InChI=1S/C18H32N2O8/c1-15(2,3)27-13(25)17(18(19,20)12(23)24,10-8-7-9-11(21)22)14(26)28-16(4,5)6/h7-10,19-20H2,1-6H3,(H,21,22)(H,23,24). The van der Waals surface area contributed by atoms with Crippen LogP contribution in [-0.2, 0) is 28.7 Å². The molecule has 162 valence electrons. The second-order valence-electron chi connectivity index (χ2n) is 8.68. The van der Waals surface area contributed by atoms with Crippen molar-refractivity contribution in [2.24, 2.45) is 16.9 Å². The third kappa shape index (κ3) is 6.75. The quantitative estimate of drug-likeness (QED) is 0.187. The molecule has 10 nitrogen and oxygen atoms in total. The van der Waals surface area contributed by atoms with E-state index in [1.807, 2.05) is 0 Å². The molecule has 0 atom stereocenters. The third-order valence-corrected chi connectivity index (χ3v) is 3.75. The van der Waals surface area contributed by atoms with E-state index < -0.39 is 52.6 Å². The highest BCUT2D eigenvalue weighted by atomic mass is 16.6. The van der Waals surface area contributed by atoms with Gasteiger partial charge in [-0.05, 0) is 54.4 Å². The van der Waals surface area contributed by atoms with Gasteiger partial charge < -0.3 is 31.2 Å². The lowest BCUT2D eigenvalue weighted by molar-refractivity contribution is -0.196. The Kier molecular flexibility index (Phi) is 8.17. The number of hydrogen-bond donors (Lipinski definition) is 4. The zero-order chi connectivity index (χ0) is 22.6. The minimum absolute atomic E-state index is 0.0196. The number of ether oxygens (including phenoxy) is 2. The molecule has 6 N–H and O–H groups in total. The van der Waals surface area contributed by atoms with Gasteiger partial charge in [-0.15, -0.1) is 0 Å². The minimum atomic E-state index is -2.85. The Balaban J connectivity index is 6.32. The average Bonchev–Trinajstić information content (AvgIpc) is 2.42. The molecule has 0 aliphatic heterocycles. The number of rotatable bonds is 9. The van der Waals surface area contributed by atoms with Crippen LogP contribution in [0.4, 0.5) is 0 Å². The smallest absolute Gasteiger partial charge is 0.340 e. The number of carbonyl (C=O) groups excluding carboxylic acids is 2. The fraction of sp³-hybridized carbons (Fsp3) is 0.778. The van der Waals surface area contributed by atoms with E-state index in [0.29, 0.717) is 0 Å². The molecule has 10 heteroatoms. The summed E-state index contributed by atoms with van der Waals surface area (Å²) in [4.78, 5) is 48.6. The molecule has 0 aromatic rings. The summed E-state index contributed by atoms with van der Waals surface area (Å²) in [5, 5.41) is 18.3. The van der Waals surface area contributed by atoms with E-state index >= 15 is 0 Å². The lowest BCUT2D eigenvalue weighted by Gasteiger charge is -2.41. The van der Waals surface area contributed by atoms with E-state index in [2.05, 4.69) is 0 Å². The molecule has 0 unspecified atom stereocenters. The van der Waals surface area contributed by atoms with Crippen molar-refractivity contribution in [2.75, 3.05) is 0 Å². The molecule has 0 aromatic carbocycles. The molecule has 0 rings (SSSR count). The van der Waals surface area contributed by atoms with Crippen LogP contribution in [0.3, 0.4) is 0 Å². The van der Waals surface area contributed by atoms with Crippen molar-refractivity contribution in [3.63, 3.8) is 0 Å². The van der Waals surface area contributed by atoms with Crippen LogP contribution in [0, 0.1) is 5.41 Å². The average molecular weight is 404 g/mol. The van der Waals surface area contributed by atoms with Crippen molar-refractivity contribution in [3.8, 4) is 0 Å². The van der Waals surface area contributed by atoms with Crippen molar-refractivity contribution in [3.05, 3.63) is 0 Å². The summed E-state index contributed by atoms with van der Waals surface area (Å²) in [6.07, 6.45) is -0.649. The highest BCUT2D eigenvalue weighted by Crippen LogP contribution is 2.39. The first-order valence-corrected chi connectivity index (χ1v) is 8.86. The molecule has 0 fully saturated rings. The van der Waals surface area contributed by atoms with Crippen molar-refractivity contribution in [1.82, 2.24) is 0 Å². The molecular formula is C18H32N2O8. The first-order chi connectivity index (χ1) is 12.4. The molecule has 0 amide bonds. The maximum atomic E-state index is 13.0. The van der Waals surface area contributed by atoms with Crippen LogP contribution < -0.4 is 11.5 Å². The van der Waals surface area contributed by atoms with Crippen molar-refractivity contribution in [1.29, 1.82) is 0 Å². The normalized spacial score (nSPS) is 13.0. The second-order valence-corrected chi connectivity index (χ2v) is 8.68. The Hall–Kier alpha value is -2.20. The van der Waals surface area contributed by atoms with Gasteiger partial charge >= 0.3 is 23.9 Å². The molecule has 0 aliphatic carbocycles. The molecule has 0 aromatic heterocycles. The highest BCUT2D eigenvalue weighted by Gasteiger charge is 2.65. The number of unbranched alkanes of at least 4 members (excludes halogenated alkanes) is 1. The molecule has 0 saturated carbocycles. The number of esters is 2. The van der Waals surface area contributed by atoms with Crippen molar-refractivity contribution < 1.29 is 38.9 Å². The summed E-state index contributed by atoms with van der Waals surface area (Å²) >= 11 is 0. The summed E-state index contributed by atoms with van der Waals surface area (Å²) in [6.45, 7) is 9.19. The SMILES string of the molecule is CC(C)(C)OC(=O)C(CCCCC(=O)O)(C(=O)OC(C)(C)C)C(N)(N)C(=O)O. The minimum Gasteiger partial charge on any atom is -0.481 e. The molecular weight excluding hydrogens is 372 g/mol. The number of carboxylic acids is 2. The number of carbonyl (C=O) groups is 4. The number of carboxylic acid groups (broad SMARTS) is 2. The van der Waals surface area contributed by atoms with Crippen molar-refractivity contribution >= 4 is 23.9 Å². The molecule has 0 saturated heterocycles. The molecule has 0 radical (unpaired) electrons. The summed E-state index contributed by atoms with van der Waals surface area (Å²) in [5.41, 5.74) is 4.00. The van der Waals surface area contributed by atoms with Gasteiger partial charge in [0.1, 0.15) is 11.2 Å². The van der Waals surface area contributed by atoms with E-state index in [4.69, 9.17) is 26.0 Å². The molecule has 0 heterocycles. The Morgan fingerprint density at radius 1 is 0.786 bits per heavy atom. The van der Waals surface area contributed by atoms with Gasteiger partial charge in [-0.2, -0.15) is 0 Å². The van der Waals surface area contributed by atoms with Gasteiger partial charge in [0.2, 0.25) is 5.41 Å². The second kappa shape index (κ2) is 8.87. The monoisotopic (exact) mass is 404 g/mol. The van der Waals surface area contributed by atoms with Crippen molar-refractivity contribution in [2.45, 2.75) is 84.1 Å². The summed E-state index contributed by atoms with van der Waals surface area (Å²) < 4.78 is 10.5. The zero-order valence-corrected chi connectivity index (χ0v) is 17.3. The summed E-state index contributed by atoms with van der Waals surface area (Å²) in [6, 6.07) is 0. The van der Waals surface area contributed by atoms with Gasteiger partial charge in [-0.1, -0.05) is 6.42 Å². The Morgan fingerprint density at radius 3 is 1.46 bits per heavy atom. The van der Waals surface area contributed by atoms with Crippen LogP contribution in [0.1, 0.15) is 67.2 Å². The van der Waals surface area contributed by atoms with Crippen LogP contribution in [0.5, 0.6) is 0 Å². The van der Waals surface area contributed by atoms with Crippen LogP contribution in [0.15, 0.2) is 0 Å². The van der Waals surface area contributed by atoms with E-state index in [-0.39, 0.29) is 19.3 Å². The first-order valence-electron chi connectivity index (χ1n) is 8.86. The predicted octanol–water partition coefficient (Wildman–Crippen LogP) is 1.000. The fourth-order valence-corrected chi connectivity index (χ4v) is 2.41. The fourth-order valence-electron chi connectivity index (χ4n) is 2.41. The number of hydrogen-bond acceptors (Lipinski definition) is 8. The first kappa shape index (κ1) is 25.8. The van der Waals surface area contributed by atoms with Gasteiger partial charge in [0.15, 0.2) is 5.66 Å². The topological polar surface area (TPSA) is 179 Å². The van der Waals surface area contributed by atoms with Crippen LogP contribution in [0.2, 0.25) is 0 Å². The lowest BCUT2D eigenvalue weighted by Crippen LogP contribution is -2.74. The lowest BCUT2D eigenvalue weighted by atomic mass is 9.71. The van der Waals surface area contributed by atoms with E-state index in [9.17, 15) is 24.3 Å². The molecule has 0 spiro atoms. The Morgan fingerprint density at radius 2 is 1.18 bits per heavy atom. The number of nitrogens with two attached hydrogens (primary N) is 2. The summed E-state index contributed by atoms with van der Waals surface area (Å²) in [5.74, 6) is -5.36. The van der Waals surface area contributed by atoms with E-state index in [0.717, 1.165) is 0 Å². The Bertz CT molecular complexity index is 586. The van der Waals surface area contributed by atoms with Gasteiger partial charge in [0, 0.05) is 6.42 Å². The van der Waals surface area contributed by atoms with Gasteiger partial charge in [0.25, 0.3) is 0 Å². The zero-order valence-electron chi connectivity index (χ0n) is 17.3. The van der Waals surface area contributed by atoms with Crippen LogP contribution >= 0.6 is 0 Å². The largest absolute Gasteiger partial charge is 0.481 e. The summed E-state index contributed by atoms with van der Waals surface area (Å²) in [7, 11) is 0. The van der Waals surface area contributed by atoms with Crippen LogP contribution in [0.25, 0.3) is 0 Å². The van der Waals surface area contributed by atoms with Crippen LogP contribution in [-0.4, -0.2) is 51.0 Å². The number of aliphatic carboxylic acids is 2. The van der Waals surface area contributed by atoms with E-state index in [1.54, 1.807) is 0 Å². The highest BCUT2D eigenvalue weighted by molar-refractivity contribution is 6.07. The molecule has 0 bridgehead atoms. The Labute approximate surface area is 164 Å². The van der Waals surface area contributed by atoms with Gasteiger partial charge in [-0.3, -0.25) is 14.4 Å². The predicted molar refractivity (Wildman–Crippen MR) is 99.0 cm³/mol. The van der Waals surface area contributed by atoms with Gasteiger partial charge in [0.05, 0.1) is 0 Å². The molecule has 28 heavy (non-hydrogen) atoms. The van der Waals surface area contributed by atoms with Gasteiger partial charge in [-0.25, -0.2) is 4.79 Å².